The van der Waals surface area contributed by atoms with Crippen LogP contribution in [0, 0.1) is 16.7 Å². The number of hydrogen-bond donors (Lipinski definition) is 0. The van der Waals surface area contributed by atoms with E-state index in [0.29, 0.717) is 6.61 Å². The first-order chi connectivity index (χ1) is 9.00. The summed E-state index contributed by atoms with van der Waals surface area (Å²) in [4.78, 5) is 0. The van der Waals surface area contributed by atoms with Gasteiger partial charge >= 0.3 is 0 Å². The summed E-state index contributed by atoms with van der Waals surface area (Å²) < 4.78 is 11.2. The van der Waals surface area contributed by atoms with Crippen molar-refractivity contribution in [3.05, 3.63) is 29.8 Å². The lowest BCUT2D eigenvalue weighted by Gasteiger charge is -2.34. The summed E-state index contributed by atoms with van der Waals surface area (Å²) in [5, 5.41) is 9.57. The van der Waals surface area contributed by atoms with Gasteiger partial charge in [0, 0.05) is 7.11 Å². The van der Waals surface area contributed by atoms with Crippen LogP contribution in [0.3, 0.4) is 0 Å². The molecule has 0 saturated heterocycles. The molecule has 0 fully saturated rings. The Labute approximate surface area is 115 Å². The predicted octanol–water partition coefficient (Wildman–Crippen LogP) is 3.34. The number of fused-ring (bicyclic) bond motifs is 1. The first-order valence-electron chi connectivity index (χ1n) is 6.67. The van der Waals surface area contributed by atoms with Gasteiger partial charge in [0.15, 0.2) is 0 Å². The number of methoxy groups -OCH3 is 1. The molecular formula is C16H21NO2. The Morgan fingerprint density at radius 3 is 2.84 bits per heavy atom. The van der Waals surface area contributed by atoms with Crippen molar-refractivity contribution in [2.45, 2.75) is 38.7 Å². The fourth-order valence-corrected chi connectivity index (χ4v) is 2.35. The fourth-order valence-electron chi connectivity index (χ4n) is 2.35. The van der Waals surface area contributed by atoms with Crippen LogP contribution < -0.4 is 4.74 Å². The summed E-state index contributed by atoms with van der Waals surface area (Å²) in [7, 11) is 1.71. The van der Waals surface area contributed by atoms with Crippen LogP contribution in [0.15, 0.2) is 24.3 Å². The van der Waals surface area contributed by atoms with Gasteiger partial charge in [0.1, 0.15) is 12.4 Å². The molecule has 19 heavy (non-hydrogen) atoms. The standard InChI is InChI=1S/C16H21NO2/c1-15(2,18-3)8-9-16(11-17)10-13-6-4-5-7-14(13)19-12-16/h4-7H,8-10,12H2,1-3H3. The highest BCUT2D eigenvalue weighted by Crippen LogP contribution is 2.38. The minimum Gasteiger partial charge on any atom is -0.492 e. The zero-order valence-electron chi connectivity index (χ0n) is 11.9. The third-order valence-corrected chi connectivity index (χ3v) is 4.00. The van der Waals surface area contributed by atoms with E-state index in [2.05, 4.69) is 19.9 Å². The van der Waals surface area contributed by atoms with Gasteiger partial charge < -0.3 is 9.47 Å². The maximum absolute atomic E-state index is 9.57. The molecule has 3 nitrogen and oxygen atoms in total. The molecule has 1 aliphatic rings. The van der Waals surface area contributed by atoms with Crippen LogP contribution in [0.4, 0.5) is 0 Å². The van der Waals surface area contributed by atoms with Crippen LogP contribution >= 0.6 is 0 Å². The summed E-state index contributed by atoms with van der Waals surface area (Å²) in [6.45, 7) is 4.58. The van der Waals surface area contributed by atoms with Gasteiger partial charge in [0.25, 0.3) is 0 Å². The van der Waals surface area contributed by atoms with E-state index in [1.807, 2.05) is 24.3 Å². The highest BCUT2D eigenvalue weighted by molar-refractivity contribution is 5.37. The van der Waals surface area contributed by atoms with E-state index in [9.17, 15) is 5.26 Å². The summed E-state index contributed by atoms with van der Waals surface area (Å²) in [6, 6.07) is 10.4. The maximum atomic E-state index is 9.57. The Morgan fingerprint density at radius 1 is 1.42 bits per heavy atom. The number of ether oxygens (including phenoxy) is 2. The molecule has 2 rings (SSSR count). The fraction of sp³-hybridized carbons (Fsp3) is 0.562. The quantitative estimate of drug-likeness (QED) is 0.832. The first kappa shape index (κ1) is 13.9. The molecule has 1 heterocycles. The second kappa shape index (κ2) is 5.22. The van der Waals surface area contributed by atoms with Gasteiger partial charge in [-0.15, -0.1) is 0 Å². The SMILES string of the molecule is COC(C)(C)CCC1(C#N)COc2ccccc2C1. The van der Waals surface area contributed by atoms with Crippen LogP contribution in [0.2, 0.25) is 0 Å². The highest BCUT2D eigenvalue weighted by atomic mass is 16.5. The molecule has 1 unspecified atom stereocenters. The lowest BCUT2D eigenvalue weighted by Crippen LogP contribution is -2.36. The summed E-state index contributed by atoms with van der Waals surface area (Å²) in [6.07, 6.45) is 2.40. The van der Waals surface area contributed by atoms with E-state index in [4.69, 9.17) is 9.47 Å². The average molecular weight is 259 g/mol. The van der Waals surface area contributed by atoms with Gasteiger partial charge in [-0.2, -0.15) is 5.26 Å². The van der Waals surface area contributed by atoms with E-state index in [-0.39, 0.29) is 5.60 Å². The topological polar surface area (TPSA) is 42.2 Å². The molecule has 102 valence electrons. The maximum Gasteiger partial charge on any atom is 0.122 e. The van der Waals surface area contributed by atoms with Gasteiger partial charge in [-0.05, 0) is 44.7 Å². The van der Waals surface area contributed by atoms with E-state index >= 15 is 0 Å². The Hall–Kier alpha value is -1.53. The van der Waals surface area contributed by atoms with Gasteiger partial charge in [-0.3, -0.25) is 0 Å². The number of nitriles is 1. The second-order valence-corrected chi connectivity index (χ2v) is 5.93. The third kappa shape index (κ3) is 3.08. The van der Waals surface area contributed by atoms with Gasteiger partial charge in [-0.1, -0.05) is 18.2 Å². The lowest BCUT2D eigenvalue weighted by atomic mass is 9.76. The Morgan fingerprint density at radius 2 is 2.16 bits per heavy atom. The summed E-state index contributed by atoms with van der Waals surface area (Å²) >= 11 is 0. The van der Waals surface area contributed by atoms with Gasteiger partial charge in [0.05, 0.1) is 17.1 Å². The third-order valence-electron chi connectivity index (χ3n) is 4.00. The van der Waals surface area contributed by atoms with Crippen molar-refractivity contribution in [3.63, 3.8) is 0 Å². The number of benzene rings is 1. The van der Waals surface area contributed by atoms with Crippen LogP contribution in [-0.4, -0.2) is 19.3 Å². The lowest BCUT2D eigenvalue weighted by molar-refractivity contribution is 0.00281. The Kier molecular flexibility index (Phi) is 3.82. The molecule has 0 aromatic heterocycles. The average Bonchev–Trinajstić information content (AvgIpc) is 2.45. The molecule has 1 atom stereocenters. The molecule has 0 aliphatic carbocycles. The second-order valence-electron chi connectivity index (χ2n) is 5.93. The number of nitrogens with zero attached hydrogens (tertiary/aromatic N) is 1. The molecule has 0 saturated carbocycles. The van der Waals surface area contributed by atoms with Crippen molar-refractivity contribution in [3.8, 4) is 11.8 Å². The molecule has 0 radical (unpaired) electrons. The molecule has 0 bridgehead atoms. The number of para-hydroxylation sites is 1. The van der Waals surface area contributed by atoms with Gasteiger partial charge in [-0.25, -0.2) is 0 Å². The van der Waals surface area contributed by atoms with Crippen molar-refractivity contribution < 1.29 is 9.47 Å². The zero-order valence-corrected chi connectivity index (χ0v) is 11.9. The zero-order chi connectivity index (χ0) is 13.9. The summed E-state index contributed by atoms with van der Waals surface area (Å²) in [5.74, 6) is 0.916. The summed E-state index contributed by atoms with van der Waals surface area (Å²) in [5.41, 5.74) is 0.510. The number of hydrogen-bond acceptors (Lipinski definition) is 3. The van der Waals surface area contributed by atoms with E-state index in [0.717, 1.165) is 30.6 Å². The minimum absolute atomic E-state index is 0.194. The van der Waals surface area contributed by atoms with Crippen molar-refractivity contribution in [1.29, 1.82) is 5.26 Å². The van der Waals surface area contributed by atoms with Crippen LogP contribution in [0.1, 0.15) is 32.3 Å². The van der Waals surface area contributed by atoms with Crippen molar-refractivity contribution in [2.75, 3.05) is 13.7 Å². The smallest absolute Gasteiger partial charge is 0.122 e. The molecule has 1 aromatic rings. The Balaban J connectivity index is 2.12. The predicted molar refractivity (Wildman–Crippen MR) is 74.0 cm³/mol. The first-order valence-corrected chi connectivity index (χ1v) is 6.67. The molecule has 0 N–H and O–H groups in total. The minimum atomic E-state index is -0.426. The van der Waals surface area contributed by atoms with Crippen LogP contribution in [0.5, 0.6) is 5.75 Å². The van der Waals surface area contributed by atoms with Crippen molar-refractivity contribution in [1.82, 2.24) is 0 Å². The van der Waals surface area contributed by atoms with Crippen molar-refractivity contribution in [2.24, 2.45) is 5.41 Å². The molecule has 0 spiro atoms. The molecule has 0 amide bonds. The van der Waals surface area contributed by atoms with Crippen molar-refractivity contribution >= 4 is 0 Å². The van der Waals surface area contributed by atoms with E-state index < -0.39 is 5.41 Å². The molecule has 3 heteroatoms. The largest absolute Gasteiger partial charge is 0.492 e. The monoisotopic (exact) mass is 259 g/mol. The van der Waals surface area contributed by atoms with E-state index in [1.54, 1.807) is 7.11 Å². The van der Waals surface area contributed by atoms with E-state index in [1.165, 1.54) is 0 Å². The highest BCUT2D eigenvalue weighted by Gasteiger charge is 2.37. The molecular weight excluding hydrogens is 238 g/mol. The van der Waals surface area contributed by atoms with Crippen LogP contribution in [-0.2, 0) is 11.2 Å². The Bertz CT molecular complexity index is 490. The van der Waals surface area contributed by atoms with Crippen LogP contribution in [0.25, 0.3) is 0 Å². The van der Waals surface area contributed by atoms with Gasteiger partial charge in [0.2, 0.25) is 0 Å². The molecule has 1 aliphatic heterocycles. The normalized spacial score (nSPS) is 22.2. The number of rotatable bonds is 4. The molecule has 1 aromatic carbocycles.